The van der Waals surface area contributed by atoms with Crippen molar-refractivity contribution in [3.05, 3.63) is 57.6 Å². The van der Waals surface area contributed by atoms with E-state index >= 15 is 0 Å². The molecule has 3 amide bonds. The Bertz CT molecular complexity index is 1350. The van der Waals surface area contributed by atoms with Crippen LogP contribution in [0.5, 0.6) is 0 Å². The van der Waals surface area contributed by atoms with E-state index in [-0.39, 0.29) is 39.1 Å². The number of rotatable bonds is 4. The molecule has 7 nitrogen and oxygen atoms in total. The zero-order valence-corrected chi connectivity index (χ0v) is 22.1. The number of hydrogen-bond acceptors (Lipinski definition) is 4. The monoisotopic (exact) mass is 547 g/mol. The third-order valence-corrected chi connectivity index (χ3v) is 10.8. The van der Waals surface area contributed by atoms with Gasteiger partial charge in [-0.3, -0.25) is 4.79 Å². The summed E-state index contributed by atoms with van der Waals surface area (Å²) >= 11 is 12.1. The Hall–Kier alpha value is -2.29. The van der Waals surface area contributed by atoms with Gasteiger partial charge in [0.15, 0.2) is 0 Å². The number of benzene rings is 2. The van der Waals surface area contributed by atoms with Crippen molar-refractivity contribution in [2.45, 2.75) is 49.6 Å². The quantitative estimate of drug-likeness (QED) is 0.537. The summed E-state index contributed by atoms with van der Waals surface area (Å²) in [4.78, 5) is 28.0. The zero-order chi connectivity index (χ0) is 25.4. The van der Waals surface area contributed by atoms with Gasteiger partial charge in [0.05, 0.1) is 17.3 Å². The van der Waals surface area contributed by atoms with Crippen LogP contribution >= 0.6 is 23.2 Å². The van der Waals surface area contributed by atoms with Crippen LogP contribution in [-0.2, 0) is 16.6 Å². The van der Waals surface area contributed by atoms with E-state index in [1.165, 1.54) is 44.2 Å². The fourth-order valence-corrected chi connectivity index (χ4v) is 9.44. The van der Waals surface area contributed by atoms with Crippen molar-refractivity contribution in [2.24, 2.45) is 23.7 Å². The fourth-order valence-electron chi connectivity index (χ4n) is 7.27. The van der Waals surface area contributed by atoms with E-state index in [1.54, 1.807) is 24.3 Å². The van der Waals surface area contributed by atoms with Gasteiger partial charge in [-0.05, 0) is 85.6 Å². The number of amides is 3. The predicted molar refractivity (Wildman–Crippen MR) is 138 cm³/mol. The number of anilines is 1. The van der Waals surface area contributed by atoms with Gasteiger partial charge in [-0.15, -0.1) is 0 Å². The number of nitrogens with one attached hydrogen (secondary N) is 1. The molecule has 0 unspecified atom stereocenters. The number of hydrogen-bond donors (Lipinski definition) is 1. The second-order valence-electron chi connectivity index (χ2n) is 10.7. The zero-order valence-electron chi connectivity index (χ0n) is 19.8. The molecule has 2 aromatic rings. The van der Waals surface area contributed by atoms with E-state index in [1.807, 2.05) is 11.9 Å². The minimum atomic E-state index is -4.20. The highest BCUT2D eigenvalue weighted by atomic mass is 35.5. The maximum absolute atomic E-state index is 13.5. The van der Waals surface area contributed by atoms with Crippen molar-refractivity contribution >= 4 is 50.9 Å². The Morgan fingerprint density at radius 3 is 2.39 bits per heavy atom. The molecule has 0 radical (unpaired) electrons. The highest BCUT2D eigenvalue weighted by Crippen LogP contribution is 2.55. The first-order valence-electron chi connectivity index (χ1n) is 12.3. The number of halogens is 2. The molecule has 0 saturated heterocycles. The highest BCUT2D eigenvalue weighted by molar-refractivity contribution is 7.90. The second-order valence-corrected chi connectivity index (χ2v) is 13.4. The van der Waals surface area contributed by atoms with Gasteiger partial charge in [-0.1, -0.05) is 35.3 Å². The molecule has 4 saturated carbocycles. The van der Waals surface area contributed by atoms with Gasteiger partial charge in [0.1, 0.15) is 4.90 Å². The number of urea groups is 1. The van der Waals surface area contributed by atoms with Crippen LogP contribution in [0, 0.1) is 23.7 Å². The Morgan fingerprint density at radius 2 is 1.72 bits per heavy atom. The lowest BCUT2D eigenvalue weighted by Gasteiger charge is -2.56. The van der Waals surface area contributed by atoms with E-state index in [0.29, 0.717) is 23.0 Å². The van der Waals surface area contributed by atoms with Crippen LogP contribution in [0.1, 0.15) is 48.0 Å². The number of sulfonamides is 1. The molecule has 4 aliphatic carbocycles. The first kappa shape index (κ1) is 24.1. The highest BCUT2D eigenvalue weighted by Gasteiger charge is 2.50. The summed E-state index contributed by atoms with van der Waals surface area (Å²) < 4.78 is 27.3. The normalized spacial score (nSPS) is 29.6. The van der Waals surface area contributed by atoms with Gasteiger partial charge in [0, 0.05) is 23.7 Å². The van der Waals surface area contributed by atoms with Crippen LogP contribution in [0.25, 0.3) is 0 Å². The Labute approximate surface area is 220 Å². The third-order valence-electron chi connectivity index (χ3n) is 8.49. The summed E-state index contributed by atoms with van der Waals surface area (Å²) in [6.07, 6.45) is 6.22. The van der Waals surface area contributed by atoms with Gasteiger partial charge in [-0.2, -0.15) is 0 Å². The Balaban J connectivity index is 1.24. The smallest absolute Gasteiger partial charge is 0.336 e. The standard InChI is InChI=1S/C26H27Cl2N3O4S/c1-30(24-18-7-15-5-16(9-18)10-19(24)8-15)25(32)17-4-2-3-14(6-17)13-31-26(33)29-23-21(28)11-20(27)12-22(23)36(31,34)35/h2-4,6,11-12,15-16,18-19,24H,5,7-10,13H2,1H3,(H,29,33). The van der Waals surface area contributed by atoms with Crippen molar-refractivity contribution in [3.8, 4) is 0 Å². The summed E-state index contributed by atoms with van der Waals surface area (Å²) in [5.74, 6) is 2.72. The van der Waals surface area contributed by atoms with Crippen molar-refractivity contribution in [2.75, 3.05) is 12.4 Å². The minimum absolute atomic E-state index is 0.0172. The molecule has 0 spiro atoms. The van der Waals surface area contributed by atoms with Gasteiger partial charge in [-0.25, -0.2) is 17.5 Å². The van der Waals surface area contributed by atoms with E-state index in [9.17, 15) is 18.0 Å². The molecular weight excluding hydrogens is 521 g/mol. The maximum Gasteiger partial charge on any atom is 0.336 e. The molecule has 10 heteroatoms. The molecule has 0 atom stereocenters. The minimum Gasteiger partial charge on any atom is -0.338 e. The predicted octanol–water partition coefficient (Wildman–Crippen LogP) is 5.63. The van der Waals surface area contributed by atoms with Crippen LogP contribution < -0.4 is 5.32 Å². The molecule has 4 bridgehead atoms. The van der Waals surface area contributed by atoms with E-state index in [4.69, 9.17) is 23.2 Å². The molecule has 5 aliphatic rings. The molecule has 4 fully saturated rings. The van der Waals surface area contributed by atoms with Crippen LogP contribution in [-0.4, -0.2) is 42.7 Å². The molecule has 190 valence electrons. The first-order chi connectivity index (χ1) is 17.1. The Kier molecular flexibility index (Phi) is 5.77. The largest absolute Gasteiger partial charge is 0.338 e. The molecule has 1 heterocycles. The molecule has 1 aliphatic heterocycles. The summed E-state index contributed by atoms with van der Waals surface area (Å²) in [5, 5.41) is 2.75. The lowest BCUT2D eigenvalue weighted by Crippen LogP contribution is -2.56. The van der Waals surface area contributed by atoms with Crippen molar-refractivity contribution in [1.82, 2.24) is 9.21 Å². The van der Waals surface area contributed by atoms with E-state index in [0.717, 1.165) is 16.1 Å². The molecule has 1 N–H and O–H groups in total. The van der Waals surface area contributed by atoms with Crippen molar-refractivity contribution < 1.29 is 18.0 Å². The number of fused-ring (bicyclic) bond motifs is 1. The topological polar surface area (TPSA) is 86.8 Å². The molecule has 0 aromatic heterocycles. The van der Waals surface area contributed by atoms with Gasteiger partial charge < -0.3 is 10.2 Å². The van der Waals surface area contributed by atoms with Crippen molar-refractivity contribution in [1.29, 1.82) is 0 Å². The summed E-state index contributed by atoms with van der Waals surface area (Å²) in [5.41, 5.74) is 1.04. The first-order valence-corrected chi connectivity index (χ1v) is 14.5. The molecule has 2 aromatic carbocycles. The summed E-state index contributed by atoms with van der Waals surface area (Å²) in [7, 11) is -2.30. The summed E-state index contributed by atoms with van der Waals surface area (Å²) in [6, 6.07) is 8.96. The molecule has 7 rings (SSSR count). The van der Waals surface area contributed by atoms with Crippen LogP contribution in [0.15, 0.2) is 41.3 Å². The van der Waals surface area contributed by atoms with Crippen LogP contribution in [0.3, 0.4) is 0 Å². The number of carbonyl (C=O) groups excluding carboxylic acids is 2. The maximum atomic E-state index is 13.5. The second kappa shape index (κ2) is 8.64. The fraction of sp³-hybridized carbons (Fsp3) is 0.462. The van der Waals surface area contributed by atoms with E-state index in [2.05, 4.69) is 5.32 Å². The lowest BCUT2D eigenvalue weighted by atomic mass is 9.54. The van der Waals surface area contributed by atoms with Gasteiger partial charge in [0.2, 0.25) is 0 Å². The van der Waals surface area contributed by atoms with Gasteiger partial charge in [0.25, 0.3) is 15.9 Å². The molecule has 36 heavy (non-hydrogen) atoms. The summed E-state index contributed by atoms with van der Waals surface area (Å²) in [6.45, 7) is -0.222. The average Bonchev–Trinajstić information content (AvgIpc) is 2.82. The van der Waals surface area contributed by atoms with Crippen LogP contribution in [0.4, 0.5) is 10.5 Å². The third kappa shape index (κ3) is 3.89. The lowest BCUT2D eigenvalue weighted by molar-refractivity contribution is -0.0491. The van der Waals surface area contributed by atoms with Crippen LogP contribution in [0.2, 0.25) is 10.0 Å². The molecular formula is C26H27Cl2N3O4S. The average molecular weight is 548 g/mol. The number of carbonyl (C=O) groups is 2. The van der Waals surface area contributed by atoms with Crippen molar-refractivity contribution in [3.63, 3.8) is 0 Å². The SMILES string of the molecule is CN(C(=O)c1cccc(CN2C(=O)Nc3c(Cl)cc(Cl)cc3S2(=O)=O)c1)C1C2CC3CC(C2)CC1C3. The van der Waals surface area contributed by atoms with E-state index < -0.39 is 16.1 Å². The Morgan fingerprint density at radius 1 is 1.06 bits per heavy atom. The van der Waals surface area contributed by atoms with Gasteiger partial charge >= 0.3 is 6.03 Å². The number of nitrogens with zero attached hydrogens (tertiary/aromatic N) is 2.